The first kappa shape index (κ1) is 17.1. The van der Waals surface area contributed by atoms with Crippen molar-refractivity contribution in [3.05, 3.63) is 52.8 Å². The number of ether oxygens (including phenoxy) is 1. The highest BCUT2D eigenvalue weighted by Crippen LogP contribution is 2.25. The average molecular weight is 375 g/mol. The van der Waals surface area contributed by atoms with Crippen molar-refractivity contribution in [2.75, 3.05) is 20.2 Å². The van der Waals surface area contributed by atoms with Crippen LogP contribution in [0, 0.1) is 12.8 Å². The van der Waals surface area contributed by atoms with E-state index in [1.54, 1.807) is 40.9 Å². The van der Waals surface area contributed by atoms with Crippen molar-refractivity contribution in [3.8, 4) is 0 Å². The molecule has 1 aliphatic rings. The normalized spacial score (nSPS) is 20.2. The van der Waals surface area contributed by atoms with Crippen LogP contribution in [-0.2, 0) is 11.2 Å². The molecule has 1 aliphatic heterocycles. The van der Waals surface area contributed by atoms with E-state index in [-0.39, 0.29) is 17.9 Å². The van der Waals surface area contributed by atoms with Gasteiger partial charge in [0.1, 0.15) is 17.1 Å². The van der Waals surface area contributed by atoms with Crippen molar-refractivity contribution in [2.45, 2.75) is 19.4 Å². The van der Waals surface area contributed by atoms with E-state index >= 15 is 0 Å². The van der Waals surface area contributed by atoms with Crippen molar-refractivity contribution < 1.29 is 14.1 Å². The standard InChI is InChI=1S/C18H19ClN4O3/c1-11-5-14(26-21-11)6-12-7-23(10-16(12)25-2)18(24)15-9-22-8-13(19)3-4-17(22)20-15/h3-5,8-9,12,16H,6-7,10H2,1-2H3/t12-,16+/m1/s1. The monoisotopic (exact) mass is 374 g/mol. The lowest BCUT2D eigenvalue weighted by molar-refractivity contribution is 0.0669. The summed E-state index contributed by atoms with van der Waals surface area (Å²) in [7, 11) is 1.67. The molecule has 1 amide bonds. The maximum absolute atomic E-state index is 12.9. The molecule has 3 aromatic rings. The second-order valence-corrected chi connectivity index (χ2v) is 7.06. The van der Waals surface area contributed by atoms with E-state index in [9.17, 15) is 4.79 Å². The molecule has 2 atom stereocenters. The van der Waals surface area contributed by atoms with Gasteiger partial charge in [0.2, 0.25) is 0 Å². The van der Waals surface area contributed by atoms with Crippen LogP contribution in [0.1, 0.15) is 21.9 Å². The van der Waals surface area contributed by atoms with Crippen LogP contribution in [0.25, 0.3) is 5.65 Å². The summed E-state index contributed by atoms with van der Waals surface area (Å²) >= 11 is 6.00. The van der Waals surface area contributed by atoms with E-state index < -0.39 is 0 Å². The largest absolute Gasteiger partial charge is 0.379 e. The molecule has 7 nitrogen and oxygen atoms in total. The van der Waals surface area contributed by atoms with E-state index in [1.165, 1.54) is 0 Å². The highest BCUT2D eigenvalue weighted by Gasteiger charge is 2.37. The van der Waals surface area contributed by atoms with Crippen molar-refractivity contribution in [1.82, 2.24) is 19.4 Å². The Morgan fingerprint density at radius 2 is 2.23 bits per heavy atom. The van der Waals surface area contributed by atoms with Crippen molar-refractivity contribution in [3.63, 3.8) is 0 Å². The first-order valence-corrected chi connectivity index (χ1v) is 8.80. The van der Waals surface area contributed by atoms with Gasteiger partial charge in [-0.25, -0.2) is 4.98 Å². The van der Waals surface area contributed by atoms with E-state index in [1.807, 2.05) is 13.0 Å². The summed E-state index contributed by atoms with van der Waals surface area (Å²) < 4.78 is 12.7. The van der Waals surface area contributed by atoms with Gasteiger partial charge < -0.3 is 18.6 Å². The van der Waals surface area contributed by atoms with Gasteiger partial charge in [0.25, 0.3) is 5.91 Å². The van der Waals surface area contributed by atoms with Crippen LogP contribution in [0.15, 0.2) is 35.1 Å². The lowest BCUT2D eigenvalue weighted by atomic mass is 10.0. The van der Waals surface area contributed by atoms with Crippen LogP contribution in [0.5, 0.6) is 0 Å². The van der Waals surface area contributed by atoms with Gasteiger partial charge in [-0.3, -0.25) is 4.79 Å². The molecule has 0 unspecified atom stereocenters. The summed E-state index contributed by atoms with van der Waals surface area (Å²) in [4.78, 5) is 19.1. The predicted molar refractivity (Wildman–Crippen MR) is 95.3 cm³/mol. The smallest absolute Gasteiger partial charge is 0.274 e. The Balaban J connectivity index is 1.52. The van der Waals surface area contributed by atoms with Crippen LogP contribution in [-0.4, -0.2) is 51.7 Å². The molecule has 1 saturated heterocycles. The van der Waals surface area contributed by atoms with Gasteiger partial charge in [0.05, 0.1) is 16.8 Å². The quantitative estimate of drug-likeness (QED) is 0.701. The highest BCUT2D eigenvalue weighted by molar-refractivity contribution is 6.30. The first-order chi connectivity index (χ1) is 12.5. The summed E-state index contributed by atoms with van der Waals surface area (Å²) in [6.07, 6.45) is 4.08. The number of aromatic nitrogens is 3. The lowest BCUT2D eigenvalue weighted by Crippen LogP contribution is -2.30. The molecule has 4 rings (SSSR count). The number of carbonyl (C=O) groups is 1. The average Bonchev–Trinajstić information content (AvgIpc) is 3.32. The Morgan fingerprint density at radius 1 is 1.38 bits per heavy atom. The van der Waals surface area contributed by atoms with Gasteiger partial charge in [-0.2, -0.15) is 0 Å². The van der Waals surface area contributed by atoms with Crippen molar-refractivity contribution in [2.24, 2.45) is 5.92 Å². The molecule has 0 bridgehead atoms. The summed E-state index contributed by atoms with van der Waals surface area (Å²) in [6.45, 7) is 3.01. The van der Waals surface area contributed by atoms with Crippen LogP contribution in [0.2, 0.25) is 5.02 Å². The van der Waals surface area contributed by atoms with Crippen molar-refractivity contribution >= 4 is 23.2 Å². The summed E-state index contributed by atoms with van der Waals surface area (Å²) in [5.74, 6) is 0.858. The van der Waals surface area contributed by atoms with Gasteiger partial charge in [0.15, 0.2) is 0 Å². The van der Waals surface area contributed by atoms with E-state index in [2.05, 4.69) is 10.1 Å². The molecule has 0 N–H and O–H groups in total. The molecule has 3 aromatic heterocycles. The predicted octanol–water partition coefficient (Wildman–Crippen LogP) is 2.61. The number of nitrogens with zero attached hydrogens (tertiary/aromatic N) is 4. The molecular formula is C18H19ClN4O3. The Labute approximate surface area is 155 Å². The number of methoxy groups -OCH3 is 1. The molecule has 0 radical (unpaired) electrons. The van der Waals surface area contributed by atoms with E-state index in [4.69, 9.17) is 20.9 Å². The maximum atomic E-state index is 12.9. The fourth-order valence-corrected chi connectivity index (χ4v) is 3.64. The second kappa shape index (κ2) is 6.74. The number of amides is 1. The fraction of sp³-hybridized carbons (Fsp3) is 0.389. The second-order valence-electron chi connectivity index (χ2n) is 6.62. The van der Waals surface area contributed by atoms with E-state index in [0.717, 1.165) is 11.5 Å². The first-order valence-electron chi connectivity index (χ1n) is 8.42. The number of hydrogen-bond acceptors (Lipinski definition) is 5. The minimum absolute atomic E-state index is 0.0455. The van der Waals surface area contributed by atoms with Crippen molar-refractivity contribution in [1.29, 1.82) is 0 Å². The number of rotatable bonds is 4. The van der Waals surface area contributed by atoms with Gasteiger partial charge >= 0.3 is 0 Å². The fourth-order valence-electron chi connectivity index (χ4n) is 3.47. The van der Waals surface area contributed by atoms with Crippen LogP contribution in [0.4, 0.5) is 0 Å². The summed E-state index contributed by atoms with van der Waals surface area (Å²) in [5.41, 5.74) is 1.94. The molecular weight excluding hydrogens is 356 g/mol. The number of imidazole rings is 1. The van der Waals surface area contributed by atoms with Crippen LogP contribution in [0.3, 0.4) is 0 Å². The molecule has 0 aliphatic carbocycles. The molecule has 0 spiro atoms. The van der Waals surface area contributed by atoms with Gasteiger partial charge in [-0.1, -0.05) is 16.8 Å². The Bertz CT molecular complexity index is 951. The maximum Gasteiger partial charge on any atom is 0.274 e. The molecule has 0 aromatic carbocycles. The SMILES string of the molecule is CO[C@H]1CN(C(=O)c2cn3cc(Cl)ccc3n2)C[C@H]1Cc1cc(C)no1. The number of pyridine rings is 1. The summed E-state index contributed by atoms with van der Waals surface area (Å²) in [6, 6.07) is 5.46. The molecule has 26 heavy (non-hydrogen) atoms. The molecule has 4 heterocycles. The Morgan fingerprint density at radius 3 is 2.96 bits per heavy atom. The minimum Gasteiger partial charge on any atom is -0.379 e. The van der Waals surface area contributed by atoms with Gasteiger partial charge in [-0.05, 0) is 19.1 Å². The lowest BCUT2D eigenvalue weighted by Gasteiger charge is -2.14. The zero-order chi connectivity index (χ0) is 18.3. The number of fused-ring (bicyclic) bond motifs is 1. The third kappa shape index (κ3) is 3.20. The third-order valence-corrected chi connectivity index (χ3v) is 4.97. The molecule has 136 valence electrons. The zero-order valence-electron chi connectivity index (χ0n) is 14.6. The zero-order valence-corrected chi connectivity index (χ0v) is 15.3. The number of hydrogen-bond donors (Lipinski definition) is 0. The number of carbonyl (C=O) groups excluding carboxylic acids is 1. The summed E-state index contributed by atoms with van der Waals surface area (Å²) in [5, 5.41) is 4.52. The highest BCUT2D eigenvalue weighted by atomic mass is 35.5. The Hall–Kier alpha value is -2.38. The van der Waals surface area contributed by atoms with Gasteiger partial charge in [0, 0.05) is 51.0 Å². The number of halogens is 1. The van der Waals surface area contributed by atoms with E-state index in [0.29, 0.717) is 35.9 Å². The van der Waals surface area contributed by atoms with Crippen LogP contribution >= 0.6 is 11.6 Å². The molecule has 8 heteroatoms. The van der Waals surface area contributed by atoms with Gasteiger partial charge in [-0.15, -0.1) is 0 Å². The molecule has 1 fully saturated rings. The number of likely N-dealkylation sites (tertiary alicyclic amines) is 1. The number of aryl methyl sites for hydroxylation is 1. The molecule has 0 saturated carbocycles. The third-order valence-electron chi connectivity index (χ3n) is 4.75. The topological polar surface area (TPSA) is 72.9 Å². The minimum atomic E-state index is -0.108. The Kier molecular flexibility index (Phi) is 4.42. The van der Waals surface area contributed by atoms with Crippen LogP contribution < -0.4 is 0 Å².